The Kier molecular flexibility index (Phi) is 6.59. The monoisotopic (exact) mass is 461 g/mol. The van der Waals surface area contributed by atoms with Crippen molar-refractivity contribution in [3.63, 3.8) is 0 Å². The van der Waals surface area contributed by atoms with Gasteiger partial charge in [0.25, 0.3) is 0 Å². The van der Waals surface area contributed by atoms with Crippen LogP contribution < -0.4 is 5.32 Å². The lowest BCUT2D eigenvalue weighted by molar-refractivity contribution is -0.160. The Labute approximate surface area is 202 Å². The summed E-state index contributed by atoms with van der Waals surface area (Å²) in [5.74, 6) is 0.172. The Hall–Kier alpha value is -2.86. The number of carbonyl (C=O) groups excluding carboxylic acids is 2. The molecule has 3 atom stereocenters. The number of hydrogen-bond acceptors (Lipinski definition) is 3. The SMILES string of the molecule is COC[C@H]1[C@H](c2ccc(-c3cccc(C)c3)cc2)[C@@H]2CN(C(=O)NC3CCCCC3)CC(=O)N12. The van der Waals surface area contributed by atoms with Crippen LogP contribution in [0.4, 0.5) is 4.79 Å². The molecule has 1 saturated carbocycles. The van der Waals surface area contributed by atoms with Crippen molar-refractivity contribution in [2.45, 2.75) is 63.1 Å². The fourth-order valence-corrected chi connectivity index (χ4v) is 6.04. The van der Waals surface area contributed by atoms with Crippen molar-refractivity contribution in [2.24, 2.45) is 0 Å². The largest absolute Gasteiger partial charge is 0.383 e. The molecule has 2 heterocycles. The molecule has 6 heteroatoms. The molecule has 0 radical (unpaired) electrons. The van der Waals surface area contributed by atoms with Gasteiger partial charge < -0.3 is 19.9 Å². The molecule has 1 aliphatic carbocycles. The van der Waals surface area contributed by atoms with Crippen molar-refractivity contribution in [2.75, 3.05) is 26.8 Å². The molecule has 0 bridgehead atoms. The van der Waals surface area contributed by atoms with E-state index in [1.165, 1.54) is 41.5 Å². The number of methoxy groups -OCH3 is 1. The zero-order valence-corrected chi connectivity index (χ0v) is 20.2. The number of benzene rings is 2. The maximum atomic E-state index is 13.0. The minimum atomic E-state index is -0.0939. The topological polar surface area (TPSA) is 61.9 Å². The zero-order valence-electron chi connectivity index (χ0n) is 20.2. The van der Waals surface area contributed by atoms with Crippen molar-refractivity contribution in [3.05, 3.63) is 59.7 Å². The molecule has 3 aliphatic rings. The third-order valence-corrected chi connectivity index (χ3v) is 7.77. The fraction of sp³-hybridized carbons (Fsp3) is 0.500. The molecule has 6 nitrogen and oxygen atoms in total. The predicted molar refractivity (Wildman–Crippen MR) is 133 cm³/mol. The van der Waals surface area contributed by atoms with E-state index in [1.54, 1.807) is 12.0 Å². The number of nitrogens with one attached hydrogen (secondary N) is 1. The third kappa shape index (κ3) is 4.43. The van der Waals surface area contributed by atoms with Gasteiger partial charge in [-0.15, -0.1) is 0 Å². The molecule has 1 N–H and O–H groups in total. The fourth-order valence-electron chi connectivity index (χ4n) is 6.04. The molecule has 3 fully saturated rings. The zero-order chi connectivity index (χ0) is 23.7. The summed E-state index contributed by atoms with van der Waals surface area (Å²) in [5.41, 5.74) is 4.82. The summed E-state index contributed by atoms with van der Waals surface area (Å²) in [6.45, 7) is 3.32. The van der Waals surface area contributed by atoms with E-state index in [-0.39, 0.29) is 42.5 Å². The number of nitrogens with zero attached hydrogens (tertiary/aromatic N) is 2. The molecule has 2 saturated heterocycles. The first-order chi connectivity index (χ1) is 16.5. The summed E-state index contributed by atoms with van der Waals surface area (Å²) in [7, 11) is 1.68. The van der Waals surface area contributed by atoms with Crippen molar-refractivity contribution >= 4 is 11.9 Å². The van der Waals surface area contributed by atoms with E-state index in [2.05, 4.69) is 60.8 Å². The maximum Gasteiger partial charge on any atom is 0.318 e. The maximum absolute atomic E-state index is 13.0. The van der Waals surface area contributed by atoms with Gasteiger partial charge in [0.05, 0.1) is 18.7 Å². The van der Waals surface area contributed by atoms with Crippen LogP contribution in [0, 0.1) is 6.92 Å². The molecule has 180 valence electrons. The highest BCUT2D eigenvalue weighted by molar-refractivity contribution is 5.87. The number of piperazine rings is 1. The van der Waals surface area contributed by atoms with Crippen LogP contribution in [0.15, 0.2) is 48.5 Å². The summed E-state index contributed by atoms with van der Waals surface area (Å²) in [5, 5.41) is 3.18. The highest BCUT2D eigenvalue weighted by Crippen LogP contribution is 2.43. The lowest BCUT2D eigenvalue weighted by atomic mass is 9.73. The normalized spacial score (nSPS) is 25.0. The summed E-state index contributed by atoms with van der Waals surface area (Å²) in [6, 6.07) is 17.3. The first kappa shape index (κ1) is 22.9. The number of rotatable bonds is 5. The van der Waals surface area contributed by atoms with E-state index >= 15 is 0 Å². The molecule has 0 unspecified atom stereocenters. The Bertz CT molecular complexity index is 1030. The van der Waals surface area contributed by atoms with Gasteiger partial charge in [0.2, 0.25) is 5.91 Å². The Morgan fingerprint density at radius 1 is 1.06 bits per heavy atom. The average Bonchev–Trinajstić information content (AvgIpc) is 2.83. The number of carbonyl (C=O) groups is 2. The number of aryl methyl sites for hydroxylation is 1. The number of urea groups is 1. The van der Waals surface area contributed by atoms with E-state index in [0.29, 0.717) is 13.2 Å². The standard InChI is InChI=1S/C28H35N3O3/c1-19-7-6-8-22(15-19)20-11-13-21(14-12-20)27-24-16-30(17-26(32)31(24)25(27)18-34-2)28(33)29-23-9-4-3-5-10-23/h6-8,11-15,23-25,27H,3-5,9-10,16-18H2,1-2H3,(H,29,33)/t24-,25-,27+/m0/s1. The lowest BCUT2D eigenvalue weighted by Crippen LogP contribution is -2.74. The molecule has 2 aromatic rings. The number of fused-ring (bicyclic) bond motifs is 1. The van der Waals surface area contributed by atoms with Gasteiger partial charge >= 0.3 is 6.03 Å². The summed E-state index contributed by atoms with van der Waals surface area (Å²) in [6.07, 6.45) is 5.65. The highest BCUT2D eigenvalue weighted by atomic mass is 16.5. The van der Waals surface area contributed by atoms with Gasteiger partial charge in [-0.25, -0.2) is 4.79 Å². The van der Waals surface area contributed by atoms with E-state index in [4.69, 9.17) is 4.74 Å². The van der Waals surface area contributed by atoms with Gasteiger partial charge in [-0.1, -0.05) is 73.4 Å². The second-order valence-electron chi connectivity index (χ2n) is 10.1. The quantitative estimate of drug-likeness (QED) is 0.721. The third-order valence-electron chi connectivity index (χ3n) is 7.77. The molecule has 0 aromatic heterocycles. The van der Waals surface area contributed by atoms with Gasteiger partial charge in [0, 0.05) is 25.6 Å². The van der Waals surface area contributed by atoms with Crippen LogP contribution in [-0.4, -0.2) is 66.7 Å². The Morgan fingerprint density at radius 2 is 1.82 bits per heavy atom. The smallest absolute Gasteiger partial charge is 0.318 e. The first-order valence-corrected chi connectivity index (χ1v) is 12.6. The minimum Gasteiger partial charge on any atom is -0.383 e. The minimum absolute atomic E-state index is 0.0101. The van der Waals surface area contributed by atoms with Crippen molar-refractivity contribution in [1.29, 1.82) is 0 Å². The van der Waals surface area contributed by atoms with Crippen LogP contribution in [0.5, 0.6) is 0 Å². The van der Waals surface area contributed by atoms with Gasteiger partial charge in [0.15, 0.2) is 0 Å². The molecule has 34 heavy (non-hydrogen) atoms. The van der Waals surface area contributed by atoms with Gasteiger partial charge in [-0.05, 0) is 36.5 Å². The lowest BCUT2D eigenvalue weighted by Gasteiger charge is -2.59. The van der Waals surface area contributed by atoms with Crippen LogP contribution in [-0.2, 0) is 9.53 Å². The van der Waals surface area contributed by atoms with Crippen LogP contribution >= 0.6 is 0 Å². The summed E-state index contributed by atoms with van der Waals surface area (Å²) < 4.78 is 5.49. The van der Waals surface area contributed by atoms with E-state index in [0.717, 1.165) is 12.8 Å². The van der Waals surface area contributed by atoms with Crippen LogP contribution in [0.2, 0.25) is 0 Å². The van der Waals surface area contributed by atoms with Crippen LogP contribution in [0.3, 0.4) is 0 Å². The molecular formula is C28H35N3O3. The van der Waals surface area contributed by atoms with Crippen LogP contribution in [0.25, 0.3) is 11.1 Å². The molecule has 5 rings (SSSR count). The Balaban J connectivity index is 1.33. The second kappa shape index (κ2) is 9.79. The highest BCUT2D eigenvalue weighted by Gasteiger charge is 2.54. The number of ether oxygens (including phenoxy) is 1. The summed E-state index contributed by atoms with van der Waals surface area (Å²) >= 11 is 0. The molecule has 3 amide bonds. The molecule has 2 aromatic carbocycles. The van der Waals surface area contributed by atoms with Gasteiger partial charge in [-0.2, -0.15) is 0 Å². The second-order valence-corrected chi connectivity index (χ2v) is 10.1. The average molecular weight is 462 g/mol. The first-order valence-electron chi connectivity index (χ1n) is 12.6. The number of hydrogen-bond donors (Lipinski definition) is 1. The van der Waals surface area contributed by atoms with Crippen molar-refractivity contribution < 1.29 is 14.3 Å². The molecule has 0 spiro atoms. The van der Waals surface area contributed by atoms with Gasteiger partial charge in [-0.3, -0.25) is 4.79 Å². The van der Waals surface area contributed by atoms with Crippen LogP contribution in [0.1, 0.15) is 49.1 Å². The van der Waals surface area contributed by atoms with E-state index in [9.17, 15) is 9.59 Å². The van der Waals surface area contributed by atoms with Crippen molar-refractivity contribution in [3.8, 4) is 11.1 Å². The van der Waals surface area contributed by atoms with E-state index in [1.807, 2.05) is 4.90 Å². The predicted octanol–water partition coefficient (Wildman–Crippen LogP) is 4.33. The molecular weight excluding hydrogens is 426 g/mol. The summed E-state index contributed by atoms with van der Waals surface area (Å²) in [4.78, 5) is 29.7. The molecule has 2 aliphatic heterocycles. The van der Waals surface area contributed by atoms with Gasteiger partial charge in [0.1, 0.15) is 6.54 Å². The van der Waals surface area contributed by atoms with E-state index < -0.39 is 0 Å². The Morgan fingerprint density at radius 3 is 2.53 bits per heavy atom. The van der Waals surface area contributed by atoms with Crippen molar-refractivity contribution in [1.82, 2.24) is 15.1 Å². The number of amides is 3.